The Morgan fingerprint density at radius 3 is 2.52 bits per heavy atom. The number of aryl methyl sites for hydroxylation is 2. The predicted molar refractivity (Wildman–Crippen MR) is 93.9 cm³/mol. The number of amides is 1. The van der Waals surface area contributed by atoms with Gasteiger partial charge in [-0.25, -0.2) is 9.78 Å². The van der Waals surface area contributed by atoms with Crippen LogP contribution in [0.4, 0.5) is 4.79 Å². The molecule has 0 spiro atoms. The number of hydrogen-bond donors (Lipinski definition) is 2. The van der Waals surface area contributed by atoms with Crippen molar-refractivity contribution >= 4 is 17.4 Å². The molecule has 130 valence electrons. The molecule has 2 rings (SSSR count). The summed E-state index contributed by atoms with van der Waals surface area (Å²) in [6, 6.07) is 0.914. The zero-order chi connectivity index (χ0) is 17.2. The van der Waals surface area contributed by atoms with Crippen LogP contribution in [0, 0.1) is 13.8 Å². The zero-order valence-electron chi connectivity index (χ0n) is 15.0. The summed E-state index contributed by atoms with van der Waals surface area (Å²) in [6.45, 7) is 11.9. The van der Waals surface area contributed by atoms with Crippen LogP contribution in [0.25, 0.3) is 0 Å². The first kappa shape index (κ1) is 18.2. The van der Waals surface area contributed by atoms with E-state index in [2.05, 4.69) is 29.5 Å². The summed E-state index contributed by atoms with van der Waals surface area (Å²) >= 11 is 1.76. The minimum absolute atomic E-state index is 0.193. The normalized spacial score (nSPS) is 22.9. The van der Waals surface area contributed by atoms with Crippen molar-refractivity contribution in [2.45, 2.75) is 84.5 Å². The molecule has 5 nitrogen and oxygen atoms in total. The minimum atomic E-state index is -0.448. The summed E-state index contributed by atoms with van der Waals surface area (Å²) < 4.78 is 5.33. The van der Waals surface area contributed by atoms with Crippen LogP contribution in [-0.2, 0) is 4.74 Å². The standard InChI is InChI=1S/C17H29N3O2S/c1-10-15(23-12(3)18-10)11(2)19-13-7-8-14(9-13)20-16(21)22-17(4,5)6/h11,13-14,19H,7-9H2,1-6H3,(H,20,21). The molecule has 1 aromatic rings. The van der Waals surface area contributed by atoms with Crippen LogP contribution in [0.1, 0.15) is 68.6 Å². The number of hydrogen-bond acceptors (Lipinski definition) is 5. The molecule has 0 bridgehead atoms. The van der Waals surface area contributed by atoms with Gasteiger partial charge in [0.15, 0.2) is 0 Å². The third kappa shape index (κ3) is 5.46. The highest BCUT2D eigenvalue weighted by Gasteiger charge is 2.29. The Morgan fingerprint density at radius 2 is 1.96 bits per heavy atom. The zero-order valence-corrected chi connectivity index (χ0v) is 15.8. The lowest BCUT2D eigenvalue weighted by Gasteiger charge is -2.22. The second-order valence-electron chi connectivity index (χ2n) is 7.42. The van der Waals surface area contributed by atoms with Gasteiger partial charge in [0.05, 0.1) is 10.7 Å². The maximum absolute atomic E-state index is 11.9. The molecular formula is C17H29N3O2S. The van der Waals surface area contributed by atoms with E-state index >= 15 is 0 Å². The van der Waals surface area contributed by atoms with Gasteiger partial charge in [-0.3, -0.25) is 0 Å². The molecule has 2 N–H and O–H groups in total. The Bertz CT molecular complexity index is 551. The lowest BCUT2D eigenvalue weighted by Crippen LogP contribution is -2.39. The van der Waals surface area contributed by atoms with Gasteiger partial charge in [-0.15, -0.1) is 11.3 Å². The van der Waals surface area contributed by atoms with E-state index in [1.165, 1.54) is 4.88 Å². The number of aromatic nitrogens is 1. The molecule has 0 radical (unpaired) electrons. The molecule has 1 fully saturated rings. The van der Waals surface area contributed by atoms with E-state index < -0.39 is 5.60 Å². The van der Waals surface area contributed by atoms with Crippen molar-refractivity contribution in [1.82, 2.24) is 15.6 Å². The fraction of sp³-hybridized carbons (Fsp3) is 0.765. The molecule has 6 heteroatoms. The van der Waals surface area contributed by atoms with Crippen LogP contribution in [0.15, 0.2) is 0 Å². The van der Waals surface area contributed by atoms with Crippen molar-refractivity contribution in [2.24, 2.45) is 0 Å². The number of alkyl carbamates (subject to hydrolysis) is 1. The smallest absolute Gasteiger partial charge is 0.407 e. The third-order valence-electron chi connectivity index (χ3n) is 3.97. The summed E-state index contributed by atoms with van der Waals surface area (Å²) in [7, 11) is 0. The predicted octanol–water partition coefficient (Wildman–Crippen LogP) is 3.86. The summed E-state index contributed by atoms with van der Waals surface area (Å²) in [4.78, 5) is 17.7. The van der Waals surface area contributed by atoms with Crippen LogP contribution < -0.4 is 10.6 Å². The van der Waals surface area contributed by atoms with Gasteiger partial charge in [-0.1, -0.05) is 0 Å². The Labute approximate surface area is 143 Å². The van der Waals surface area contributed by atoms with E-state index in [1.807, 2.05) is 27.7 Å². The summed E-state index contributed by atoms with van der Waals surface area (Å²) in [5, 5.41) is 7.78. The van der Waals surface area contributed by atoms with Gasteiger partial charge in [0.25, 0.3) is 0 Å². The molecule has 23 heavy (non-hydrogen) atoms. The highest BCUT2D eigenvalue weighted by molar-refractivity contribution is 7.11. The van der Waals surface area contributed by atoms with E-state index in [9.17, 15) is 4.79 Å². The molecule has 1 saturated carbocycles. The summed E-state index contributed by atoms with van der Waals surface area (Å²) in [5.74, 6) is 0. The van der Waals surface area contributed by atoms with Crippen LogP contribution >= 0.6 is 11.3 Å². The van der Waals surface area contributed by atoms with Gasteiger partial charge in [0.1, 0.15) is 5.60 Å². The first-order valence-electron chi connectivity index (χ1n) is 8.33. The average molecular weight is 340 g/mol. The molecule has 1 heterocycles. The van der Waals surface area contributed by atoms with Crippen molar-refractivity contribution in [3.8, 4) is 0 Å². The lowest BCUT2D eigenvalue weighted by molar-refractivity contribution is 0.0505. The number of ether oxygens (including phenoxy) is 1. The first-order chi connectivity index (χ1) is 10.6. The van der Waals surface area contributed by atoms with Gasteiger partial charge in [0.2, 0.25) is 0 Å². The molecule has 0 aromatic carbocycles. The monoisotopic (exact) mass is 339 g/mol. The topological polar surface area (TPSA) is 63.2 Å². The van der Waals surface area contributed by atoms with Gasteiger partial charge in [-0.05, 0) is 60.8 Å². The highest BCUT2D eigenvalue weighted by atomic mass is 32.1. The molecule has 1 aromatic heterocycles. The second kappa shape index (κ2) is 7.18. The van der Waals surface area contributed by atoms with Crippen molar-refractivity contribution < 1.29 is 9.53 Å². The van der Waals surface area contributed by atoms with E-state index in [0.717, 1.165) is 30.0 Å². The fourth-order valence-electron chi connectivity index (χ4n) is 3.12. The van der Waals surface area contributed by atoms with Crippen molar-refractivity contribution in [3.63, 3.8) is 0 Å². The molecule has 3 atom stereocenters. The van der Waals surface area contributed by atoms with Crippen LogP contribution in [0.2, 0.25) is 0 Å². The number of carbonyl (C=O) groups is 1. The van der Waals surface area contributed by atoms with Gasteiger partial charge >= 0.3 is 6.09 Å². The van der Waals surface area contributed by atoms with Crippen molar-refractivity contribution in [2.75, 3.05) is 0 Å². The maximum atomic E-state index is 11.9. The fourth-order valence-corrected chi connectivity index (χ4v) is 4.06. The molecule has 0 aliphatic heterocycles. The molecular weight excluding hydrogens is 310 g/mol. The Morgan fingerprint density at radius 1 is 1.30 bits per heavy atom. The maximum Gasteiger partial charge on any atom is 0.407 e. The number of thiazole rings is 1. The van der Waals surface area contributed by atoms with Crippen LogP contribution in [0.3, 0.4) is 0 Å². The van der Waals surface area contributed by atoms with Gasteiger partial charge in [-0.2, -0.15) is 0 Å². The quantitative estimate of drug-likeness (QED) is 0.874. The SMILES string of the molecule is Cc1nc(C)c(C(C)NC2CCC(NC(=O)OC(C)(C)C)C2)s1. The molecule has 1 aliphatic carbocycles. The van der Waals surface area contributed by atoms with Crippen LogP contribution in [0.5, 0.6) is 0 Å². The molecule has 3 unspecified atom stereocenters. The van der Waals surface area contributed by atoms with E-state index in [4.69, 9.17) is 4.74 Å². The number of carbonyl (C=O) groups excluding carboxylic acids is 1. The van der Waals surface area contributed by atoms with Crippen LogP contribution in [-0.4, -0.2) is 28.8 Å². The van der Waals surface area contributed by atoms with Crippen molar-refractivity contribution in [3.05, 3.63) is 15.6 Å². The lowest BCUT2D eigenvalue weighted by atomic mass is 10.1. The number of nitrogens with zero attached hydrogens (tertiary/aromatic N) is 1. The highest BCUT2D eigenvalue weighted by Crippen LogP contribution is 2.28. The van der Waals surface area contributed by atoms with E-state index in [0.29, 0.717) is 12.1 Å². The Kier molecular flexibility index (Phi) is 5.68. The van der Waals surface area contributed by atoms with Crippen molar-refractivity contribution in [1.29, 1.82) is 0 Å². The first-order valence-corrected chi connectivity index (χ1v) is 9.15. The van der Waals surface area contributed by atoms with Gasteiger partial charge in [0, 0.05) is 23.0 Å². The Hall–Kier alpha value is -1.14. The molecule has 0 saturated heterocycles. The van der Waals surface area contributed by atoms with Gasteiger partial charge < -0.3 is 15.4 Å². The average Bonchev–Trinajstić information content (AvgIpc) is 2.93. The number of nitrogens with one attached hydrogen (secondary N) is 2. The summed E-state index contributed by atoms with van der Waals surface area (Å²) in [5.41, 5.74) is 0.671. The number of rotatable bonds is 4. The molecule has 1 aliphatic rings. The molecule has 1 amide bonds. The van der Waals surface area contributed by atoms with E-state index in [-0.39, 0.29) is 12.1 Å². The Balaban J connectivity index is 1.81. The minimum Gasteiger partial charge on any atom is -0.444 e. The summed E-state index contributed by atoms with van der Waals surface area (Å²) in [6.07, 6.45) is 2.69. The largest absolute Gasteiger partial charge is 0.444 e. The second-order valence-corrected chi connectivity index (χ2v) is 8.66. The third-order valence-corrected chi connectivity index (χ3v) is 5.23. The van der Waals surface area contributed by atoms with E-state index in [1.54, 1.807) is 11.3 Å².